The lowest BCUT2D eigenvalue weighted by molar-refractivity contribution is 0.102. The summed E-state index contributed by atoms with van der Waals surface area (Å²) in [5.41, 5.74) is 3.67. The predicted molar refractivity (Wildman–Crippen MR) is 99.9 cm³/mol. The number of rotatable bonds is 8. The van der Waals surface area contributed by atoms with Gasteiger partial charge in [-0.2, -0.15) is 0 Å². The van der Waals surface area contributed by atoms with Gasteiger partial charge in [0.1, 0.15) is 5.75 Å². The van der Waals surface area contributed by atoms with Gasteiger partial charge in [0, 0.05) is 5.69 Å². The molecule has 2 rings (SSSR count). The highest BCUT2D eigenvalue weighted by molar-refractivity contribution is 6.06. The van der Waals surface area contributed by atoms with Crippen molar-refractivity contribution in [2.24, 2.45) is 0 Å². The Morgan fingerprint density at radius 1 is 1.00 bits per heavy atom. The molecular weight excluding hydrogens is 298 g/mol. The van der Waals surface area contributed by atoms with Gasteiger partial charge in [0.25, 0.3) is 5.91 Å². The van der Waals surface area contributed by atoms with Crippen LogP contribution in [0.2, 0.25) is 0 Å². The molecular formula is C21H27NO2. The Morgan fingerprint density at radius 3 is 2.58 bits per heavy atom. The van der Waals surface area contributed by atoms with Crippen LogP contribution in [0.1, 0.15) is 54.1 Å². The molecule has 0 aliphatic rings. The number of ether oxygens (including phenoxy) is 1. The zero-order valence-electron chi connectivity index (χ0n) is 14.9. The fourth-order valence-corrected chi connectivity index (χ4v) is 2.57. The maximum atomic E-state index is 12.6. The van der Waals surface area contributed by atoms with Crippen LogP contribution in [0.4, 0.5) is 5.69 Å². The van der Waals surface area contributed by atoms with Gasteiger partial charge in [-0.25, -0.2) is 0 Å². The Hall–Kier alpha value is -2.29. The van der Waals surface area contributed by atoms with Gasteiger partial charge >= 0.3 is 0 Å². The third kappa shape index (κ3) is 4.85. The monoisotopic (exact) mass is 325 g/mol. The van der Waals surface area contributed by atoms with E-state index in [1.807, 2.05) is 56.3 Å². The summed E-state index contributed by atoms with van der Waals surface area (Å²) in [5.74, 6) is 0.518. The number of amides is 1. The van der Waals surface area contributed by atoms with E-state index in [0.29, 0.717) is 17.9 Å². The first kappa shape index (κ1) is 18.1. The van der Waals surface area contributed by atoms with E-state index >= 15 is 0 Å². The molecule has 1 N–H and O–H groups in total. The first-order chi connectivity index (χ1) is 11.6. The van der Waals surface area contributed by atoms with Crippen LogP contribution in [0.5, 0.6) is 5.75 Å². The summed E-state index contributed by atoms with van der Waals surface area (Å²) in [6, 6.07) is 13.3. The molecule has 24 heavy (non-hydrogen) atoms. The Bertz CT molecular complexity index is 679. The molecule has 0 unspecified atom stereocenters. The van der Waals surface area contributed by atoms with Gasteiger partial charge in [0.2, 0.25) is 0 Å². The maximum absolute atomic E-state index is 12.6. The fourth-order valence-electron chi connectivity index (χ4n) is 2.57. The normalized spacial score (nSPS) is 10.5. The smallest absolute Gasteiger partial charge is 0.259 e. The molecule has 0 radical (unpaired) electrons. The lowest BCUT2D eigenvalue weighted by atomic mass is 10.1. The minimum Gasteiger partial charge on any atom is -0.493 e. The SMILES string of the molecule is CCCCCCOc1ccccc1C(=O)Nc1cccc(C)c1C. The highest BCUT2D eigenvalue weighted by atomic mass is 16.5. The zero-order valence-corrected chi connectivity index (χ0v) is 14.9. The number of anilines is 1. The summed E-state index contributed by atoms with van der Waals surface area (Å²) < 4.78 is 5.84. The number of carbonyl (C=O) groups is 1. The molecule has 3 nitrogen and oxygen atoms in total. The van der Waals surface area contributed by atoms with Crippen molar-refractivity contribution in [3.63, 3.8) is 0 Å². The second-order valence-corrected chi connectivity index (χ2v) is 6.11. The number of unbranched alkanes of at least 4 members (excludes halogenated alkanes) is 3. The molecule has 3 heteroatoms. The van der Waals surface area contributed by atoms with Gasteiger partial charge in [-0.15, -0.1) is 0 Å². The molecule has 0 saturated carbocycles. The molecule has 0 heterocycles. The molecule has 0 aliphatic heterocycles. The van der Waals surface area contributed by atoms with Crippen molar-refractivity contribution in [2.75, 3.05) is 11.9 Å². The van der Waals surface area contributed by atoms with Crippen LogP contribution in [0.25, 0.3) is 0 Å². The van der Waals surface area contributed by atoms with Crippen molar-refractivity contribution in [3.8, 4) is 5.75 Å². The molecule has 2 aromatic carbocycles. The summed E-state index contributed by atoms with van der Waals surface area (Å²) in [6.45, 7) is 6.89. The van der Waals surface area contributed by atoms with Crippen molar-refractivity contribution in [1.29, 1.82) is 0 Å². The topological polar surface area (TPSA) is 38.3 Å². The van der Waals surface area contributed by atoms with Gasteiger partial charge in [-0.3, -0.25) is 4.79 Å². The second kappa shape index (κ2) is 9.11. The molecule has 0 aromatic heterocycles. The summed E-state index contributed by atoms with van der Waals surface area (Å²) >= 11 is 0. The molecule has 2 aromatic rings. The largest absolute Gasteiger partial charge is 0.493 e. The van der Waals surface area contributed by atoms with Crippen LogP contribution in [-0.4, -0.2) is 12.5 Å². The average molecular weight is 325 g/mol. The number of para-hydroxylation sites is 1. The summed E-state index contributed by atoms with van der Waals surface area (Å²) in [6.07, 6.45) is 4.60. The van der Waals surface area contributed by atoms with E-state index < -0.39 is 0 Å². The van der Waals surface area contributed by atoms with Crippen molar-refractivity contribution in [2.45, 2.75) is 46.5 Å². The van der Waals surface area contributed by atoms with Crippen molar-refractivity contribution < 1.29 is 9.53 Å². The van der Waals surface area contributed by atoms with E-state index in [9.17, 15) is 4.79 Å². The van der Waals surface area contributed by atoms with Gasteiger partial charge in [0.15, 0.2) is 0 Å². The molecule has 1 amide bonds. The van der Waals surface area contributed by atoms with Crippen LogP contribution >= 0.6 is 0 Å². The zero-order chi connectivity index (χ0) is 17.4. The molecule has 128 valence electrons. The summed E-state index contributed by atoms with van der Waals surface area (Å²) in [4.78, 5) is 12.6. The lowest BCUT2D eigenvalue weighted by Gasteiger charge is -2.13. The molecule has 0 fully saturated rings. The first-order valence-electron chi connectivity index (χ1n) is 8.73. The summed E-state index contributed by atoms with van der Waals surface area (Å²) in [7, 11) is 0. The second-order valence-electron chi connectivity index (χ2n) is 6.11. The summed E-state index contributed by atoms with van der Waals surface area (Å²) in [5, 5.41) is 3.00. The van der Waals surface area contributed by atoms with Crippen LogP contribution in [0.15, 0.2) is 42.5 Å². The minimum absolute atomic E-state index is 0.132. The number of nitrogens with one attached hydrogen (secondary N) is 1. The molecule has 0 aliphatic carbocycles. The maximum Gasteiger partial charge on any atom is 0.259 e. The fraction of sp³-hybridized carbons (Fsp3) is 0.381. The molecule has 0 bridgehead atoms. The standard InChI is InChI=1S/C21H27NO2/c1-4-5-6-9-15-24-20-14-8-7-12-18(20)21(23)22-19-13-10-11-16(2)17(19)3/h7-8,10-14H,4-6,9,15H2,1-3H3,(H,22,23). The molecule has 0 saturated heterocycles. The third-order valence-electron chi connectivity index (χ3n) is 4.24. The molecule has 0 atom stereocenters. The quantitative estimate of drug-likeness (QED) is 0.649. The van der Waals surface area contributed by atoms with E-state index in [4.69, 9.17) is 4.74 Å². The Balaban J connectivity index is 2.05. The average Bonchev–Trinajstić information content (AvgIpc) is 2.59. The van der Waals surface area contributed by atoms with E-state index in [1.165, 1.54) is 12.8 Å². The third-order valence-corrected chi connectivity index (χ3v) is 4.24. The number of aryl methyl sites for hydroxylation is 1. The Kier molecular flexibility index (Phi) is 6.86. The molecule has 0 spiro atoms. The van der Waals surface area contributed by atoms with E-state index in [-0.39, 0.29) is 5.91 Å². The van der Waals surface area contributed by atoms with Crippen molar-refractivity contribution in [3.05, 3.63) is 59.2 Å². The van der Waals surface area contributed by atoms with Crippen LogP contribution < -0.4 is 10.1 Å². The van der Waals surface area contributed by atoms with E-state index in [1.54, 1.807) is 0 Å². The van der Waals surface area contributed by atoms with Crippen LogP contribution in [0.3, 0.4) is 0 Å². The number of hydrogen-bond acceptors (Lipinski definition) is 2. The van der Waals surface area contributed by atoms with Gasteiger partial charge in [-0.1, -0.05) is 50.5 Å². The van der Waals surface area contributed by atoms with Crippen LogP contribution in [-0.2, 0) is 0 Å². The number of hydrogen-bond donors (Lipinski definition) is 1. The van der Waals surface area contributed by atoms with Gasteiger partial charge in [-0.05, 0) is 49.6 Å². The van der Waals surface area contributed by atoms with Crippen molar-refractivity contribution >= 4 is 11.6 Å². The Labute approximate surface area is 145 Å². The number of benzene rings is 2. The Morgan fingerprint density at radius 2 is 1.79 bits per heavy atom. The minimum atomic E-state index is -0.132. The predicted octanol–water partition coefficient (Wildman–Crippen LogP) is 5.51. The highest BCUT2D eigenvalue weighted by Gasteiger charge is 2.13. The lowest BCUT2D eigenvalue weighted by Crippen LogP contribution is -2.15. The first-order valence-corrected chi connectivity index (χ1v) is 8.73. The van der Waals surface area contributed by atoms with E-state index in [2.05, 4.69) is 12.2 Å². The van der Waals surface area contributed by atoms with Gasteiger partial charge in [0.05, 0.1) is 12.2 Å². The highest BCUT2D eigenvalue weighted by Crippen LogP contribution is 2.23. The van der Waals surface area contributed by atoms with Gasteiger partial charge < -0.3 is 10.1 Å². The van der Waals surface area contributed by atoms with Crippen molar-refractivity contribution in [1.82, 2.24) is 0 Å². The van der Waals surface area contributed by atoms with E-state index in [0.717, 1.165) is 29.7 Å². The number of carbonyl (C=O) groups excluding carboxylic acids is 1. The van der Waals surface area contributed by atoms with Crippen LogP contribution in [0, 0.1) is 13.8 Å².